The molecular formula is C68H52N8O12Rh2. The van der Waals surface area contributed by atoms with E-state index in [0.29, 0.717) is 122 Å². The molecule has 0 saturated carbocycles. The Morgan fingerprint density at radius 3 is 0.544 bits per heavy atom. The van der Waals surface area contributed by atoms with E-state index < -0.39 is 24.2 Å². The van der Waals surface area contributed by atoms with Gasteiger partial charge >= 0.3 is 39.0 Å². The van der Waals surface area contributed by atoms with Gasteiger partial charge in [0.25, 0.3) is 47.3 Å². The van der Waals surface area contributed by atoms with E-state index in [1.165, 1.54) is 0 Å². The van der Waals surface area contributed by atoms with Gasteiger partial charge in [-0.2, -0.15) is 0 Å². The van der Waals surface area contributed by atoms with Gasteiger partial charge in [-0.1, -0.05) is 97.1 Å². The molecule has 4 atom stereocenters. The van der Waals surface area contributed by atoms with Crippen LogP contribution in [0.5, 0.6) is 0 Å². The summed E-state index contributed by atoms with van der Waals surface area (Å²) < 4.78 is 0. The largest absolute Gasteiger partial charge is 2.00 e. The maximum Gasteiger partial charge on any atom is 2.00 e. The number of carbonyl (C=O) groups is 8. The van der Waals surface area contributed by atoms with Crippen molar-refractivity contribution in [1.82, 2.24) is 19.6 Å². The van der Waals surface area contributed by atoms with Gasteiger partial charge in [-0.25, -0.2) is 0 Å². The maximum atomic E-state index is 12.6. The van der Waals surface area contributed by atoms with Crippen molar-refractivity contribution in [2.45, 2.75) is 75.5 Å². The first-order chi connectivity index (χ1) is 42.7. The van der Waals surface area contributed by atoms with Gasteiger partial charge in [-0.3, -0.25) is 58.0 Å². The Morgan fingerprint density at radius 2 is 0.411 bits per heavy atom. The minimum Gasteiger partial charge on any atom is -0.861 e. The number of carbonyl (C=O) groups excluding carboxylic acids is 8. The molecule has 0 bridgehead atoms. The maximum absolute atomic E-state index is 12.6. The Morgan fingerprint density at radius 1 is 0.267 bits per heavy atom. The third-order valence-electron chi connectivity index (χ3n) is 17.1. The molecule has 8 aromatic rings. The Kier molecular flexibility index (Phi) is 17.6. The van der Waals surface area contributed by atoms with Crippen LogP contribution in [0.2, 0.25) is 0 Å². The SMILES string of the molecule is O=C1c2cc3ccccc3cc2C(=O)N1[C@@H]1CCCN=C1[O-].O=C1c2cc3ccccc3cc2C(=O)N1[C@@H]1CCCN=C1[O-].O=C1c2cc3ccccc3cc2C(=O)N1[C@@H]1CCCN=C1[O-].O=C1c2cc3ccccc3cc2C(=O)N1[C@@H]1CCCN=C1[O-].[Rh+2].[Rh+2]. The van der Waals surface area contributed by atoms with Gasteiger partial charge in [0.15, 0.2) is 0 Å². The number of hydrogen-bond donors (Lipinski definition) is 0. The molecule has 8 aliphatic rings. The second-order valence-electron chi connectivity index (χ2n) is 22.4. The number of benzene rings is 8. The molecule has 454 valence electrons. The summed E-state index contributed by atoms with van der Waals surface area (Å²) in [4.78, 5) is 121. The van der Waals surface area contributed by atoms with Gasteiger partial charge in [0, 0.05) is 26.2 Å². The van der Waals surface area contributed by atoms with Crippen molar-refractivity contribution < 1.29 is 97.7 Å². The van der Waals surface area contributed by atoms with Crippen LogP contribution in [0.1, 0.15) is 134 Å². The van der Waals surface area contributed by atoms with Crippen molar-refractivity contribution >= 4 is 114 Å². The van der Waals surface area contributed by atoms with E-state index in [4.69, 9.17) is 0 Å². The van der Waals surface area contributed by atoms with E-state index in [0.717, 1.165) is 62.7 Å². The summed E-state index contributed by atoms with van der Waals surface area (Å²) in [6.07, 6.45) is 4.83. The minimum absolute atomic E-state index is 0. The molecule has 2 radical (unpaired) electrons. The molecule has 0 spiro atoms. The van der Waals surface area contributed by atoms with E-state index in [1.807, 2.05) is 97.1 Å². The number of fused-ring (bicyclic) bond motifs is 8. The van der Waals surface area contributed by atoms with Gasteiger partial charge in [-0.15, -0.1) is 0 Å². The molecule has 20 nitrogen and oxygen atoms in total. The molecule has 22 heteroatoms. The topological polar surface area (TPSA) is 291 Å². The summed E-state index contributed by atoms with van der Waals surface area (Å²) in [5.41, 5.74) is 3.02. The normalized spacial score (nSPS) is 20.7. The molecular weight excluding hydrogens is 1330 g/mol. The average Bonchev–Trinajstić information content (AvgIpc) is 1.68. The van der Waals surface area contributed by atoms with Gasteiger partial charge in [-0.05, 0) is 167 Å². The van der Waals surface area contributed by atoms with Crippen LogP contribution >= 0.6 is 0 Å². The molecule has 0 fully saturated rings. The standard InChI is InChI=1S/4C17H14N2O3.2Rh/c4*20-15-14(6-3-7-18-15)19-16(21)12-8-10-4-1-2-5-11(10)9-13(12)17(19)22;;/h4*1-2,4-5,8-9,14H,3,6-7H2,(H,18,20);;/q;;;;2*+2/p-4/t4*14-;;/m1111../s1. The van der Waals surface area contributed by atoms with Crippen molar-refractivity contribution in [3.63, 3.8) is 0 Å². The predicted molar refractivity (Wildman–Crippen MR) is 319 cm³/mol. The number of imide groups is 4. The molecule has 8 aromatic carbocycles. The van der Waals surface area contributed by atoms with Crippen LogP contribution < -0.4 is 20.4 Å². The van der Waals surface area contributed by atoms with Gasteiger partial charge in [0.2, 0.25) is 0 Å². The summed E-state index contributed by atoms with van der Waals surface area (Å²) in [6, 6.07) is 41.2. The summed E-state index contributed by atoms with van der Waals surface area (Å²) in [5, 5.41) is 55.0. The molecule has 0 aliphatic carbocycles. The van der Waals surface area contributed by atoms with Crippen LogP contribution in [0.25, 0.3) is 43.1 Å². The first kappa shape index (κ1) is 62.1. The molecule has 8 amide bonds. The van der Waals surface area contributed by atoms with E-state index in [2.05, 4.69) is 20.0 Å². The van der Waals surface area contributed by atoms with Crippen molar-refractivity contribution in [2.24, 2.45) is 20.0 Å². The third kappa shape index (κ3) is 11.1. The number of amides is 8. The van der Waals surface area contributed by atoms with Crippen LogP contribution in [0.4, 0.5) is 0 Å². The van der Waals surface area contributed by atoms with Crippen molar-refractivity contribution in [3.8, 4) is 0 Å². The van der Waals surface area contributed by atoms with Crippen molar-refractivity contribution in [1.29, 1.82) is 0 Å². The second-order valence-corrected chi connectivity index (χ2v) is 22.4. The van der Waals surface area contributed by atoms with E-state index >= 15 is 0 Å². The molecule has 0 N–H and O–H groups in total. The fourth-order valence-electron chi connectivity index (χ4n) is 12.7. The molecule has 0 aromatic heterocycles. The van der Waals surface area contributed by atoms with Crippen LogP contribution in [0, 0.1) is 0 Å². The molecule has 0 saturated heterocycles. The monoisotopic (exact) mass is 1380 g/mol. The number of rotatable bonds is 4. The number of nitrogens with zero attached hydrogens (tertiary/aromatic N) is 8. The third-order valence-corrected chi connectivity index (χ3v) is 17.1. The molecule has 0 unspecified atom stereocenters. The Bertz CT molecular complexity index is 3720. The fraction of sp³-hybridized carbons (Fsp3) is 0.235. The zero-order valence-electron chi connectivity index (χ0n) is 47.8. The minimum atomic E-state index is -0.746. The van der Waals surface area contributed by atoms with Gasteiger partial charge in [0.1, 0.15) is 0 Å². The number of aliphatic imine (C=N–C) groups is 4. The first-order valence-electron chi connectivity index (χ1n) is 29.1. The van der Waals surface area contributed by atoms with E-state index in [9.17, 15) is 58.8 Å². The molecule has 16 rings (SSSR count). The molecule has 90 heavy (non-hydrogen) atoms. The Balaban J connectivity index is 0.000000123. The summed E-state index contributed by atoms with van der Waals surface area (Å²) in [7, 11) is 0. The fourth-order valence-corrected chi connectivity index (χ4v) is 12.7. The summed E-state index contributed by atoms with van der Waals surface area (Å²) in [5.74, 6) is -4.58. The van der Waals surface area contributed by atoms with Crippen LogP contribution in [0.3, 0.4) is 0 Å². The van der Waals surface area contributed by atoms with Crippen LogP contribution in [-0.4, -0.2) is 141 Å². The van der Waals surface area contributed by atoms with E-state index in [1.54, 1.807) is 48.5 Å². The second kappa shape index (κ2) is 25.5. The van der Waals surface area contributed by atoms with Gasteiger partial charge < -0.3 is 40.4 Å². The Hall–Kier alpha value is -9.51. The van der Waals surface area contributed by atoms with Crippen molar-refractivity contribution in [2.75, 3.05) is 26.2 Å². The smallest absolute Gasteiger partial charge is 0.861 e. The Labute approximate surface area is 539 Å². The molecule has 8 aliphatic heterocycles. The summed E-state index contributed by atoms with van der Waals surface area (Å²) >= 11 is 0. The number of hydrogen-bond acceptors (Lipinski definition) is 16. The average molecular weight is 1380 g/mol. The van der Waals surface area contributed by atoms with Gasteiger partial charge in [0.05, 0.1) is 68.7 Å². The summed E-state index contributed by atoms with van der Waals surface area (Å²) in [6.45, 7) is 1.90. The first-order valence-corrected chi connectivity index (χ1v) is 29.1. The zero-order valence-corrected chi connectivity index (χ0v) is 51.1. The van der Waals surface area contributed by atoms with E-state index in [-0.39, 0.29) is 110 Å². The zero-order chi connectivity index (χ0) is 61.1. The predicted octanol–water partition coefficient (Wildman–Crippen LogP) is 5.42. The van der Waals surface area contributed by atoms with Crippen LogP contribution in [0.15, 0.2) is 166 Å². The quantitative estimate of drug-likeness (QED) is 0.158. The van der Waals surface area contributed by atoms with Crippen LogP contribution in [-0.2, 0) is 39.0 Å². The van der Waals surface area contributed by atoms with Crippen molar-refractivity contribution in [3.05, 3.63) is 190 Å². The molecule has 8 heterocycles.